The van der Waals surface area contributed by atoms with E-state index in [1.807, 2.05) is 26.0 Å². The van der Waals surface area contributed by atoms with Crippen molar-refractivity contribution < 1.29 is 10.2 Å². The van der Waals surface area contributed by atoms with E-state index in [-0.39, 0.29) is 13.2 Å². The number of nitrogens with zero attached hydrogens (tertiary/aromatic N) is 1. The lowest BCUT2D eigenvalue weighted by Gasteiger charge is -2.31. The molecule has 0 amide bonds. The second-order valence-electron chi connectivity index (χ2n) is 4.04. The smallest absolute Gasteiger partial charge is 0.127 e. The van der Waals surface area contributed by atoms with E-state index in [4.69, 9.17) is 0 Å². The fourth-order valence-electron chi connectivity index (χ4n) is 1.53. The molecule has 1 aromatic heterocycles. The van der Waals surface area contributed by atoms with Gasteiger partial charge in [-0.1, -0.05) is 6.92 Å². The highest BCUT2D eigenvalue weighted by molar-refractivity contribution is 5.53. The molecule has 0 aliphatic rings. The van der Waals surface area contributed by atoms with Crippen LogP contribution in [0.1, 0.15) is 20.3 Å². The van der Waals surface area contributed by atoms with Crippen molar-refractivity contribution in [1.82, 2.24) is 4.98 Å². The van der Waals surface area contributed by atoms with E-state index in [1.165, 1.54) is 0 Å². The molecule has 0 aromatic carbocycles. The number of aromatic nitrogens is 1. The summed E-state index contributed by atoms with van der Waals surface area (Å²) < 4.78 is 0. The van der Waals surface area contributed by atoms with Crippen LogP contribution in [0, 0.1) is 0 Å². The van der Waals surface area contributed by atoms with E-state index >= 15 is 0 Å². The van der Waals surface area contributed by atoms with Gasteiger partial charge in [-0.3, -0.25) is 0 Å². The topological polar surface area (TPSA) is 77.4 Å². The molecule has 17 heavy (non-hydrogen) atoms. The van der Waals surface area contributed by atoms with Crippen LogP contribution in [0.25, 0.3) is 0 Å². The van der Waals surface area contributed by atoms with Crippen LogP contribution in [0.3, 0.4) is 0 Å². The number of pyridine rings is 1. The molecule has 1 rings (SSSR count). The van der Waals surface area contributed by atoms with Crippen molar-refractivity contribution in [3.8, 4) is 0 Å². The van der Waals surface area contributed by atoms with Gasteiger partial charge in [0.05, 0.1) is 18.8 Å². The van der Waals surface area contributed by atoms with Crippen molar-refractivity contribution in [3.05, 3.63) is 18.3 Å². The van der Waals surface area contributed by atoms with Crippen molar-refractivity contribution >= 4 is 11.5 Å². The lowest BCUT2D eigenvalue weighted by molar-refractivity contribution is 0.132. The zero-order valence-electron chi connectivity index (χ0n) is 10.4. The van der Waals surface area contributed by atoms with Crippen LogP contribution in [0.5, 0.6) is 0 Å². The van der Waals surface area contributed by atoms with Crippen molar-refractivity contribution in [2.75, 3.05) is 30.4 Å². The molecule has 5 heteroatoms. The molecule has 0 fully saturated rings. The quantitative estimate of drug-likeness (QED) is 0.572. The van der Waals surface area contributed by atoms with Gasteiger partial charge in [-0.25, -0.2) is 4.98 Å². The third kappa shape index (κ3) is 3.57. The Bertz CT molecular complexity index is 332. The molecule has 0 atom stereocenters. The predicted molar refractivity (Wildman–Crippen MR) is 69.2 cm³/mol. The first-order chi connectivity index (χ1) is 8.19. The Balaban J connectivity index is 2.82. The lowest BCUT2D eigenvalue weighted by Crippen LogP contribution is -2.45. The molecule has 0 saturated heterocycles. The highest BCUT2D eigenvalue weighted by atomic mass is 16.3. The van der Waals surface area contributed by atoms with Crippen LogP contribution in [0.2, 0.25) is 0 Å². The van der Waals surface area contributed by atoms with E-state index in [0.717, 1.165) is 18.1 Å². The van der Waals surface area contributed by atoms with Crippen LogP contribution in [0.4, 0.5) is 11.5 Å². The average Bonchev–Trinajstić information content (AvgIpc) is 2.37. The summed E-state index contributed by atoms with van der Waals surface area (Å²) in [4.78, 5) is 4.16. The zero-order valence-corrected chi connectivity index (χ0v) is 10.4. The standard InChI is InChI=1S/C12H21N3O2/c1-3-12(8-16,9-17)15-10-5-6-14-11(7-10)13-4-2/h5-7,16-17H,3-4,8-9H2,1-2H3,(H2,13,14,15). The molecule has 0 unspecified atom stereocenters. The second-order valence-corrected chi connectivity index (χ2v) is 4.04. The fraction of sp³-hybridized carbons (Fsp3) is 0.583. The largest absolute Gasteiger partial charge is 0.394 e. The average molecular weight is 239 g/mol. The molecule has 1 heterocycles. The number of aliphatic hydroxyl groups is 2. The van der Waals surface area contributed by atoms with Gasteiger partial charge < -0.3 is 20.8 Å². The molecule has 4 N–H and O–H groups in total. The molecule has 96 valence electrons. The number of nitrogens with one attached hydrogen (secondary N) is 2. The van der Waals surface area contributed by atoms with Gasteiger partial charge in [0.2, 0.25) is 0 Å². The van der Waals surface area contributed by atoms with Gasteiger partial charge >= 0.3 is 0 Å². The number of rotatable bonds is 7. The van der Waals surface area contributed by atoms with Gasteiger partial charge in [-0.2, -0.15) is 0 Å². The Morgan fingerprint density at radius 2 is 2.00 bits per heavy atom. The van der Waals surface area contributed by atoms with Crippen molar-refractivity contribution in [1.29, 1.82) is 0 Å². The summed E-state index contributed by atoms with van der Waals surface area (Å²) in [5.41, 5.74) is 0.158. The molecule has 5 nitrogen and oxygen atoms in total. The summed E-state index contributed by atoms with van der Waals surface area (Å²) >= 11 is 0. The van der Waals surface area contributed by atoms with Gasteiger partial charge in [0.1, 0.15) is 5.82 Å². The van der Waals surface area contributed by atoms with Crippen molar-refractivity contribution in [2.24, 2.45) is 0 Å². The van der Waals surface area contributed by atoms with Gasteiger partial charge in [0.25, 0.3) is 0 Å². The zero-order chi connectivity index (χ0) is 12.7. The molecule has 0 spiro atoms. The SMILES string of the molecule is CCNc1cc(NC(CC)(CO)CO)ccn1. The number of aliphatic hydroxyl groups excluding tert-OH is 2. The summed E-state index contributed by atoms with van der Waals surface area (Å²) in [6.45, 7) is 4.50. The Morgan fingerprint density at radius 3 is 2.53 bits per heavy atom. The number of hydrogen-bond acceptors (Lipinski definition) is 5. The number of hydrogen-bond donors (Lipinski definition) is 4. The Kier molecular flexibility index (Phi) is 5.18. The van der Waals surface area contributed by atoms with E-state index in [2.05, 4.69) is 15.6 Å². The predicted octanol–water partition coefficient (Wildman–Crippen LogP) is 1.06. The maximum atomic E-state index is 9.36. The van der Waals surface area contributed by atoms with Crippen molar-refractivity contribution in [2.45, 2.75) is 25.8 Å². The first kappa shape index (κ1) is 13.7. The van der Waals surface area contributed by atoms with E-state index < -0.39 is 5.54 Å². The minimum atomic E-state index is -0.676. The summed E-state index contributed by atoms with van der Waals surface area (Å²) in [5.74, 6) is 0.776. The summed E-state index contributed by atoms with van der Waals surface area (Å²) in [5, 5.41) is 25.0. The Hall–Kier alpha value is -1.33. The minimum absolute atomic E-state index is 0.112. The van der Waals surface area contributed by atoms with Crippen LogP contribution in [-0.4, -0.2) is 40.5 Å². The summed E-state index contributed by atoms with van der Waals surface area (Å²) in [6.07, 6.45) is 2.33. The first-order valence-corrected chi connectivity index (χ1v) is 5.89. The summed E-state index contributed by atoms with van der Waals surface area (Å²) in [6, 6.07) is 3.68. The molecule has 1 aromatic rings. The maximum absolute atomic E-state index is 9.36. The monoisotopic (exact) mass is 239 g/mol. The van der Waals surface area contributed by atoms with Gasteiger partial charge in [0.15, 0.2) is 0 Å². The number of anilines is 2. The van der Waals surface area contributed by atoms with Crippen LogP contribution in [-0.2, 0) is 0 Å². The van der Waals surface area contributed by atoms with Crippen LogP contribution < -0.4 is 10.6 Å². The molecule has 0 aliphatic heterocycles. The molecule has 0 saturated carbocycles. The maximum Gasteiger partial charge on any atom is 0.127 e. The molecule has 0 bridgehead atoms. The highest BCUT2D eigenvalue weighted by Crippen LogP contribution is 2.19. The molecular formula is C12H21N3O2. The second kappa shape index (κ2) is 6.42. The minimum Gasteiger partial charge on any atom is -0.394 e. The van der Waals surface area contributed by atoms with Gasteiger partial charge in [-0.15, -0.1) is 0 Å². The molecule has 0 aliphatic carbocycles. The van der Waals surface area contributed by atoms with Crippen molar-refractivity contribution in [3.63, 3.8) is 0 Å². The van der Waals surface area contributed by atoms with E-state index in [9.17, 15) is 10.2 Å². The van der Waals surface area contributed by atoms with E-state index in [1.54, 1.807) is 6.20 Å². The third-order valence-electron chi connectivity index (χ3n) is 2.81. The molecule has 0 radical (unpaired) electrons. The lowest BCUT2D eigenvalue weighted by atomic mass is 9.98. The van der Waals surface area contributed by atoms with E-state index in [0.29, 0.717) is 6.42 Å². The van der Waals surface area contributed by atoms with Crippen LogP contribution in [0.15, 0.2) is 18.3 Å². The normalized spacial score (nSPS) is 11.3. The highest BCUT2D eigenvalue weighted by Gasteiger charge is 2.26. The van der Waals surface area contributed by atoms with Gasteiger partial charge in [-0.05, 0) is 19.4 Å². The molecular weight excluding hydrogens is 218 g/mol. The Labute approximate surface area is 102 Å². The Morgan fingerprint density at radius 1 is 1.29 bits per heavy atom. The van der Waals surface area contributed by atoms with Gasteiger partial charge in [0, 0.05) is 24.5 Å². The fourth-order valence-corrected chi connectivity index (χ4v) is 1.53. The summed E-state index contributed by atoms with van der Waals surface area (Å²) in [7, 11) is 0. The third-order valence-corrected chi connectivity index (χ3v) is 2.81. The van der Waals surface area contributed by atoms with Crippen LogP contribution >= 0.6 is 0 Å². The first-order valence-electron chi connectivity index (χ1n) is 5.89.